The van der Waals surface area contributed by atoms with E-state index in [1.165, 1.54) is 83.5 Å². The van der Waals surface area contributed by atoms with E-state index in [0.29, 0.717) is 26.2 Å². The normalized spacial score (nSPS) is 11.7. The first kappa shape index (κ1) is 29.6. The molecule has 0 radical (unpaired) electrons. The van der Waals surface area contributed by atoms with Gasteiger partial charge in [-0.2, -0.15) is 0 Å². The van der Waals surface area contributed by atoms with Crippen molar-refractivity contribution in [3.05, 3.63) is 0 Å². The molecule has 0 aliphatic rings. The number of hydrogen-bond donors (Lipinski definition) is 0. The molecule has 0 aliphatic carbocycles. The van der Waals surface area contributed by atoms with Crippen molar-refractivity contribution in [1.82, 2.24) is 0 Å². The molecule has 5 nitrogen and oxygen atoms in total. The summed E-state index contributed by atoms with van der Waals surface area (Å²) in [6.45, 7) is 9.03. The Kier molecular flexibility index (Phi) is 21.5. The van der Waals surface area contributed by atoms with E-state index >= 15 is 0 Å². The third kappa shape index (κ3) is 17.3. The minimum Gasteiger partial charge on any atom is -0.452 e. The molecule has 0 bridgehead atoms. The standard InChI is InChI=1S/C24H50O5Si/c1-5-9-10-11-12-13-14-15-16-17-18-19-20-21-22-23-24(25)29-30(26-6-2,27-7-3)28-8-4/h5-23H2,1-4H3. The van der Waals surface area contributed by atoms with E-state index < -0.39 is 9.05 Å². The Morgan fingerprint density at radius 2 is 0.867 bits per heavy atom. The maximum Gasteiger partial charge on any atom is 0.751 e. The lowest BCUT2D eigenvalue weighted by molar-refractivity contribution is -0.144. The van der Waals surface area contributed by atoms with Gasteiger partial charge in [0, 0.05) is 26.2 Å². The Labute approximate surface area is 188 Å². The maximum absolute atomic E-state index is 12.2. The number of carbonyl (C=O) groups is 1. The second-order valence-corrected chi connectivity index (χ2v) is 10.0. The molecule has 0 saturated heterocycles. The van der Waals surface area contributed by atoms with Gasteiger partial charge in [0.05, 0.1) is 0 Å². The van der Waals surface area contributed by atoms with Gasteiger partial charge in [0.1, 0.15) is 0 Å². The van der Waals surface area contributed by atoms with Crippen molar-refractivity contribution in [2.45, 2.75) is 130 Å². The highest BCUT2D eigenvalue weighted by Gasteiger charge is 2.49. The van der Waals surface area contributed by atoms with Gasteiger partial charge in [-0.1, -0.05) is 96.8 Å². The maximum atomic E-state index is 12.2. The first-order chi connectivity index (χ1) is 14.6. The highest BCUT2D eigenvalue weighted by molar-refractivity contribution is 6.55. The van der Waals surface area contributed by atoms with Crippen LogP contribution in [0.3, 0.4) is 0 Å². The van der Waals surface area contributed by atoms with Crippen molar-refractivity contribution in [3.63, 3.8) is 0 Å². The zero-order valence-corrected chi connectivity index (χ0v) is 21.5. The van der Waals surface area contributed by atoms with E-state index in [1.807, 2.05) is 20.8 Å². The fraction of sp³-hybridized carbons (Fsp3) is 0.958. The summed E-state index contributed by atoms with van der Waals surface area (Å²) >= 11 is 0. The summed E-state index contributed by atoms with van der Waals surface area (Å²) in [4.78, 5) is 12.2. The van der Waals surface area contributed by atoms with Gasteiger partial charge in [-0.05, 0) is 27.2 Å². The average Bonchev–Trinajstić information content (AvgIpc) is 2.71. The largest absolute Gasteiger partial charge is 0.751 e. The predicted molar refractivity (Wildman–Crippen MR) is 126 cm³/mol. The minimum atomic E-state index is -3.32. The first-order valence-corrected chi connectivity index (χ1v) is 14.4. The van der Waals surface area contributed by atoms with Gasteiger partial charge in [0.25, 0.3) is 5.97 Å². The molecule has 0 aromatic carbocycles. The smallest absolute Gasteiger partial charge is 0.452 e. The summed E-state index contributed by atoms with van der Waals surface area (Å²) in [6.07, 6.45) is 20.0. The topological polar surface area (TPSA) is 54.0 Å². The lowest BCUT2D eigenvalue weighted by atomic mass is 10.0. The molecule has 180 valence electrons. The number of hydrogen-bond acceptors (Lipinski definition) is 5. The molecular weight excluding hydrogens is 396 g/mol. The van der Waals surface area contributed by atoms with Crippen LogP contribution >= 0.6 is 0 Å². The van der Waals surface area contributed by atoms with Crippen molar-refractivity contribution in [1.29, 1.82) is 0 Å². The third-order valence-corrected chi connectivity index (χ3v) is 7.59. The van der Waals surface area contributed by atoms with Gasteiger partial charge in [0.15, 0.2) is 0 Å². The van der Waals surface area contributed by atoms with Gasteiger partial charge in [-0.15, -0.1) is 0 Å². The highest BCUT2D eigenvalue weighted by Crippen LogP contribution is 2.16. The molecule has 0 aliphatic heterocycles. The average molecular weight is 447 g/mol. The quantitative estimate of drug-likeness (QED) is 0.121. The van der Waals surface area contributed by atoms with Crippen LogP contribution in [-0.4, -0.2) is 34.8 Å². The summed E-state index contributed by atoms with van der Waals surface area (Å²) in [5.41, 5.74) is 0. The Morgan fingerprint density at radius 1 is 0.533 bits per heavy atom. The van der Waals surface area contributed by atoms with Crippen LogP contribution in [0.15, 0.2) is 0 Å². The molecule has 0 amide bonds. The lowest BCUT2D eigenvalue weighted by Crippen LogP contribution is -2.50. The van der Waals surface area contributed by atoms with E-state index in [0.717, 1.165) is 12.8 Å². The second kappa shape index (κ2) is 21.8. The van der Waals surface area contributed by atoms with Gasteiger partial charge < -0.3 is 17.7 Å². The van der Waals surface area contributed by atoms with Crippen LogP contribution in [0.25, 0.3) is 0 Å². The Bertz CT molecular complexity index is 362. The molecule has 0 unspecified atom stereocenters. The minimum absolute atomic E-state index is 0.272. The molecule has 0 N–H and O–H groups in total. The summed E-state index contributed by atoms with van der Waals surface area (Å²) in [5.74, 6) is -0.272. The van der Waals surface area contributed by atoms with Gasteiger partial charge in [-0.3, -0.25) is 4.79 Å². The summed E-state index contributed by atoms with van der Waals surface area (Å²) in [5, 5.41) is 0. The molecule has 0 spiro atoms. The predicted octanol–water partition coefficient (Wildman–Crippen LogP) is 7.34. The lowest BCUT2D eigenvalue weighted by Gasteiger charge is -2.25. The first-order valence-electron chi connectivity index (χ1n) is 12.8. The highest BCUT2D eigenvalue weighted by atomic mass is 28.4. The van der Waals surface area contributed by atoms with Crippen molar-refractivity contribution in [2.24, 2.45) is 0 Å². The van der Waals surface area contributed by atoms with Gasteiger partial charge in [-0.25, -0.2) is 0 Å². The molecule has 30 heavy (non-hydrogen) atoms. The summed E-state index contributed by atoms with van der Waals surface area (Å²) in [6, 6.07) is 0. The zero-order chi connectivity index (χ0) is 22.3. The molecule has 0 aromatic rings. The van der Waals surface area contributed by atoms with Crippen molar-refractivity contribution in [3.8, 4) is 0 Å². The molecule has 0 rings (SSSR count). The molecule has 0 aromatic heterocycles. The summed E-state index contributed by atoms with van der Waals surface area (Å²) in [7, 11) is -3.32. The Hall–Kier alpha value is -0.433. The summed E-state index contributed by atoms with van der Waals surface area (Å²) < 4.78 is 22.2. The molecule has 0 fully saturated rings. The zero-order valence-electron chi connectivity index (χ0n) is 20.5. The molecule has 0 heterocycles. The molecule has 0 saturated carbocycles. The number of unbranched alkanes of at least 4 members (excludes halogenated alkanes) is 14. The van der Waals surface area contributed by atoms with Gasteiger partial charge >= 0.3 is 9.05 Å². The van der Waals surface area contributed by atoms with Crippen LogP contribution in [0.2, 0.25) is 0 Å². The molecule has 0 atom stereocenters. The van der Waals surface area contributed by atoms with Gasteiger partial charge in [0.2, 0.25) is 0 Å². The SMILES string of the molecule is CCCCCCCCCCCCCCCCCC(=O)O[Si](OCC)(OCC)OCC. The van der Waals surface area contributed by atoms with Crippen molar-refractivity contribution in [2.75, 3.05) is 19.8 Å². The van der Waals surface area contributed by atoms with Crippen LogP contribution < -0.4 is 0 Å². The fourth-order valence-electron chi connectivity index (χ4n) is 3.57. The van der Waals surface area contributed by atoms with Crippen molar-refractivity contribution < 1.29 is 22.5 Å². The van der Waals surface area contributed by atoms with Crippen LogP contribution in [0.1, 0.15) is 130 Å². The van der Waals surface area contributed by atoms with E-state index in [1.54, 1.807) is 0 Å². The van der Waals surface area contributed by atoms with Crippen LogP contribution in [0.5, 0.6) is 0 Å². The Balaban J connectivity index is 3.61. The van der Waals surface area contributed by atoms with Crippen LogP contribution in [0, 0.1) is 0 Å². The van der Waals surface area contributed by atoms with Crippen LogP contribution in [0.4, 0.5) is 0 Å². The van der Waals surface area contributed by atoms with Crippen LogP contribution in [-0.2, 0) is 22.5 Å². The van der Waals surface area contributed by atoms with E-state index in [2.05, 4.69) is 6.92 Å². The fourth-order valence-corrected chi connectivity index (χ4v) is 5.44. The van der Waals surface area contributed by atoms with E-state index in [9.17, 15) is 4.79 Å². The number of carbonyl (C=O) groups excluding carboxylic acids is 1. The third-order valence-electron chi connectivity index (χ3n) is 5.19. The van der Waals surface area contributed by atoms with E-state index in [4.69, 9.17) is 17.7 Å². The molecular formula is C24H50O5Si. The van der Waals surface area contributed by atoms with E-state index in [-0.39, 0.29) is 5.97 Å². The monoisotopic (exact) mass is 446 g/mol. The molecule has 6 heteroatoms. The number of rotatable bonds is 23. The second-order valence-electron chi connectivity index (χ2n) is 7.97. The van der Waals surface area contributed by atoms with Crippen molar-refractivity contribution >= 4 is 15.0 Å². The Morgan fingerprint density at radius 3 is 1.20 bits per heavy atom.